The van der Waals surface area contributed by atoms with Gasteiger partial charge in [-0.25, -0.2) is 0 Å². The first-order chi connectivity index (χ1) is 30.7. The van der Waals surface area contributed by atoms with E-state index in [4.69, 9.17) is 0 Å². The third kappa shape index (κ3) is 4.50. The van der Waals surface area contributed by atoms with E-state index in [0.29, 0.717) is 16.8 Å². The van der Waals surface area contributed by atoms with Crippen molar-refractivity contribution in [3.63, 3.8) is 0 Å². The highest BCUT2D eigenvalue weighted by Crippen LogP contribution is 2.45. The molecule has 9 aromatic carbocycles. The van der Waals surface area contributed by atoms with Gasteiger partial charge in [-0.15, -0.1) is 0 Å². The molecule has 0 N–H and O–H groups in total. The summed E-state index contributed by atoms with van der Waals surface area (Å²) in [4.78, 5) is 0. The third-order valence-corrected chi connectivity index (χ3v) is 12.8. The molecular formula is C56H32N6. The van der Waals surface area contributed by atoms with Crippen molar-refractivity contribution in [2.24, 2.45) is 0 Å². The highest BCUT2D eigenvalue weighted by Gasteiger charge is 2.26. The Morgan fingerprint density at radius 3 is 1.11 bits per heavy atom. The minimum Gasteiger partial charge on any atom is -0.309 e. The zero-order valence-electron chi connectivity index (χ0n) is 33.2. The fraction of sp³-hybridized carbons (Fsp3) is 0. The second-order valence-corrected chi connectivity index (χ2v) is 15.9. The maximum Gasteiger partial charge on any atom is 0.101 e. The summed E-state index contributed by atoms with van der Waals surface area (Å²) in [6.07, 6.45) is 0. The second kappa shape index (κ2) is 12.8. The minimum absolute atomic E-state index is 0.412. The summed E-state index contributed by atoms with van der Waals surface area (Å²) in [5.41, 5.74) is 12.5. The molecule has 0 radical (unpaired) electrons. The van der Waals surface area contributed by atoms with E-state index in [-0.39, 0.29) is 0 Å². The number of fused-ring (bicyclic) bond motifs is 14. The molecule has 286 valence electrons. The number of nitrogens with zero attached hydrogens (tertiary/aromatic N) is 6. The summed E-state index contributed by atoms with van der Waals surface area (Å²) in [5.74, 6) is 0. The van der Waals surface area contributed by atoms with Crippen molar-refractivity contribution in [1.29, 1.82) is 10.5 Å². The van der Waals surface area contributed by atoms with Crippen LogP contribution in [-0.2, 0) is 0 Å². The molecule has 0 aliphatic heterocycles. The third-order valence-electron chi connectivity index (χ3n) is 12.8. The highest BCUT2D eigenvalue weighted by atomic mass is 15.0. The molecule has 4 heterocycles. The highest BCUT2D eigenvalue weighted by molar-refractivity contribution is 6.27. The smallest absolute Gasteiger partial charge is 0.101 e. The Morgan fingerprint density at radius 2 is 0.661 bits per heavy atom. The van der Waals surface area contributed by atoms with Crippen molar-refractivity contribution < 1.29 is 0 Å². The van der Waals surface area contributed by atoms with Crippen molar-refractivity contribution in [1.82, 2.24) is 18.3 Å². The van der Waals surface area contributed by atoms with Gasteiger partial charge < -0.3 is 18.3 Å². The second-order valence-electron chi connectivity index (χ2n) is 15.9. The van der Waals surface area contributed by atoms with Crippen molar-refractivity contribution in [3.8, 4) is 34.9 Å². The van der Waals surface area contributed by atoms with Gasteiger partial charge in [0.1, 0.15) is 12.1 Å². The van der Waals surface area contributed by atoms with Gasteiger partial charge in [-0.3, -0.25) is 0 Å². The number of aromatic nitrogens is 4. The molecular weight excluding hydrogens is 757 g/mol. The van der Waals surface area contributed by atoms with Crippen LogP contribution in [0.1, 0.15) is 11.1 Å². The van der Waals surface area contributed by atoms with E-state index in [1.54, 1.807) is 0 Å². The Hall–Kier alpha value is -8.84. The number of benzene rings is 9. The molecule has 13 rings (SSSR count). The standard InChI is InChI=1S/C56H32N6/c57-33-35-31-39(61-46-23-11-7-19-40(46)42-27-29-50-52(55(42)61)44-21-9-13-25-48(44)59(50)37-15-3-1-4-16-37)32-36(34-58)54(35)62-47-24-12-8-20-41(47)43-28-30-51-53(56(43)62)45-22-10-14-26-49(45)60(51)38-17-5-2-6-18-38/h1-32H. The average molecular weight is 789 g/mol. The van der Waals surface area contributed by atoms with Crippen LogP contribution in [0.2, 0.25) is 0 Å². The molecule has 0 unspecified atom stereocenters. The summed E-state index contributed by atoms with van der Waals surface area (Å²) in [5, 5.41) is 31.3. The van der Waals surface area contributed by atoms with Crippen LogP contribution in [0.15, 0.2) is 194 Å². The van der Waals surface area contributed by atoms with Gasteiger partial charge in [0.15, 0.2) is 0 Å². The zero-order valence-corrected chi connectivity index (χ0v) is 33.2. The lowest BCUT2D eigenvalue weighted by atomic mass is 10.0. The van der Waals surface area contributed by atoms with Crippen LogP contribution in [0.25, 0.3) is 110 Å². The van der Waals surface area contributed by atoms with Crippen LogP contribution in [0, 0.1) is 22.7 Å². The monoisotopic (exact) mass is 788 g/mol. The van der Waals surface area contributed by atoms with E-state index >= 15 is 0 Å². The fourth-order valence-electron chi connectivity index (χ4n) is 10.4. The number of hydrogen-bond acceptors (Lipinski definition) is 2. The summed E-state index contributed by atoms with van der Waals surface area (Å²) < 4.78 is 9.07. The molecule has 6 nitrogen and oxygen atoms in total. The zero-order chi connectivity index (χ0) is 41.1. The molecule has 62 heavy (non-hydrogen) atoms. The van der Waals surface area contributed by atoms with Gasteiger partial charge in [0.05, 0.1) is 60.9 Å². The first kappa shape index (κ1) is 34.1. The average Bonchev–Trinajstić information content (AvgIpc) is 4.06. The first-order valence-corrected chi connectivity index (χ1v) is 20.7. The van der Waals surface area contributed by atoms with Gasteiger partial charge in [-0.1, -0.05) is 121 Å². The Bertz CT molecular complexity index is 4070. The molecule has 0 saturated carbocycles. The summed E-state index contributed by atoms with van der Waals surface area (Å²) in [7, 11) is 0. The summed E-state index contributed by atoms with van der Waals surface area (Å²) in [6, 6.07) is 72.7. The Balaban J connectivity index is 1.16. The molecule has 0 bridgehead atoms. The molecule has 0 fully saturated rings. The Kier molecular flexibility index (Phi) is 7.05. The van der Waals surface area contributed by atoms with Crippen molar-refractivity contribution >= 4 is 87.2 Å². The molecule has 0 saturated heterocycles. The lowest BCUT2D eigenvalue weighted by molar-refractivity contribution is 1.13. The SMILES string of the molecule is N#Cc1cc(-n2c3ccccc3c3ccc4c(c5ccccc5n4-c4ccccc4)c32)cc(C#N)c1-n1c2ccccc2c2ccc3c(c4ccccc4n3-c3ccccc3)c21. The molecule has 0 amide bonds. The van der Waals surface area contributed by atoms with Crippen LogP contribution < -0.4 is 0 Å². The van der Waals surface area contributed by atoms with E-state index in [1.165, 1.54) is 0 Å². The Labute approximate surface area is 354 Å². The van der Waals surface area contributed by atoms with Crippen LogP contribution in [0.4, 0.5) is 0 Å². The molecule has 0 aliphatic rings. The Morgan fingerprint density at radius 1 is 0.290 bits per heavy atom. The van der Waals surface area contributed by atoms with Gasteiger partial charge in [0.2, 0.25) is 0 Å². The van der Waals surface area contributed by atoms with E-state index < -0.39 is 0 Å². The van der Waals surface area contributed by atoms with E-state index in [9.17, 15) is 10.5 Å². The molecule has 4 aromatic heterocycles. The fourth-order valence-corrected chi connectivity index (χ4v) is 10.4. The van der Waals surface area contributed by atoms with Crippen molar-refractivity contribution in [2.45, 2.75) is 0 Å². The molecule has 13 aromatic rings. The lowest BCUT2D eigenvalue weighted by Crippen LogP contribution is -2.05. The topological polar surface area (TPSA) is 67.3 Å². The summed E-state index contributed by atoms with van der Waals surface area (Å²) >= 11 is 0. The molecule has 0 atom stereocenters. The normalized spacial score (nSPS) is 11.8. The maximum atomic E-state index is 11.3. The molecule has 6 heteroatoms. The number of nitriles is 2. The maximum absolute atomic E-state index is 11.3. The largest absolute Gasteiger partial charge is 0.309 e. The van der Waals surface area contributed by atoms with Crippen LogP contribution in [-0.4, -0.2) is 18.3 Å². The van der Waals surface area contributed by atoms with E-state index in [2.05, 4.69) is 194 Å². The predicted molar refractivity (Wildman–Crippen MR) is 253 cm³/mol. The van der Waals surface area contributed by atoms with Gasteiger partial charge in [-0.2, -0.15) is 10.5 Å². The molecule has 0 spiro atoms. The predicted octanol–water partition coefficient (Wildman–Crippen LogP) is 13.8. The number of para-hydroxylation sites is 6. The van der Waals surface area contributed by atoms with Gasteiger partial charge in [0, 0.05) is 60.2 Å². The first-order valence-electron chi connectivity index (χ1n) is 20.7. The van der Waals surface area contributed by atoms with Crippen molar-refractivity contribution in [3.05, 3.63) is 205 Å². The van der Waals surface area contributed by atoms with E-state index in [0.717, 1.165) is 104 Å². The van der Waals surface area contributed by atoms with Gasteiger partial charge in [0.25, 0.3) is 0 Å². The lowest BCUT2D eigenvalue weighted by Gasteiger charge is -2.16. The van der Waals surface area contributed by atoms with Crippen molar-refractivity contribution in [2.75, 3.05) is 0 Å². The van der Waals surface area contributed by atoms with Gasteiger partial charge in [-0.05, 0) is 72.8 Å². The van der Waals surface area contributed by atoms with Gasteiger partial charge >= 0.3 is 0 Å². The minimum atomic E-state index is 0.412. The number of hydrogen-bond donors (Lipinski definition) is 0. The van der Waals surface area contributed by atoms with Crippen LogP contribution in [0.3, 0.4) is 0 Å². The van der Waals surface area contributed by atoms with E-state index in [1.807, 2.05) is 30.3 Å². The quantitative estimate of drug-likeness (QED) is 0.178. The van der Waals surface area contributed by atoms with Crippen LogP contribution >= 0.6 is 0 Å². The van der Waals surface area contributed by atoms with Crippen LogP contribution in [0.5, 0.6) is 0 Å². The number of rotatable bonds is 4. The summed E-state index contributed by atoms with van der Waals surface area (Å²) in [6.45, 7) is 0. The molecule has 0 aliphatic carbocycles.